The van der Waals surface area contributed by atoms with E-state index in [0.29, 0.717) is 11.6 Å². The van der Waals surface area contributed by atoms with Gasteiger partial charge in [0, 0.05) is 6.07 Å². The Balaban J connectivity index is 2.19. The third-order valence-corrected chi connectivity index (χ3v) is 2.69. The lowest BCUT2D eigenvalue weighted by Gasteiger charge is -2.00. The number of nitrogens with zero attached hydrogens (tertiary/aromatic N) is 1. The highest BCUT2D eigenvalue weighted by Gasteiger charge is 2.16. The molecule has 1 aliphatic heterocycles. The van der Waals surface area contributed by atoms with Crippen LogP contribution in [0.5, 0.6) is 5.75 Å². The zero-order valence-electron chi connectivity index (χ0n) is 8.19. The summed E-state index contributed by atoms with van der Waals surface area (Å²) in [5.74, 6) is 2.06. The van der Waals surface area contributed by atoms with Crippen molar-refractivity contribution >= 4 is 28.5 Å². The molecule has 1 aliphatic rings. The highest BCUT2D eigenvalue weighted by molar-refractivity contribution is 8.14. The van der Waals surface area contributed by atoms with Crippen LogP contribution in [0.15, 0.2) is 29.3 Å². The van der Waals surface area contributed by atoms with E-state index in [4.69, 9.17) is 4.74 Å². The van der Waals surface area contributed by atoms with Gasteiger partial charge in [-0.25, -0.2) is 4.99 Å². The van der Waals surface area contributed by atoms with Crippen LogP contribution in [0.4, 0.5) is 10.5 Å². The topological polar surface area (TPSA) is 50.7 Å². The number of nitrogens with one attached hydrogen (secondary N) is 1. The Morgan fingerprint density at radius 1 is 1.53 bits per heavy atom. The number of methoxy groups -OCH3 is 1. The van der Waals surface area contributed by atoms with Crippen LogP contribution in [0.1, 0.15) is 0 Å². The van der Waals surface area contributed by atoms with Crippen molar-refractivity contribution in [3.63, 3.8) is 0 Å². The van der Waals surface area contributed by atoms with Crippen LogP contribution < -0.4 is 10.1 Å². The van der Waals surface area contributed by atoms with Crippen molar-refractivity contribution in [2.45, 2.75) is 0 Å². The second-order valence-electron chi connectivity index (χ2n) is 2.96. The van der Waals surface area contributed by atoms with E-state index < -0.39 is 0 Å². The quantitative estimate of drug-likeness (QED) is 0.834. The van der Waals surface area contributed by atoms with Crippen molar-refractivity contribution in [1.82, 2.24) is 5.32 Å². The zero-order chi connectivity index (χ0) is 10.7. The number of carbonyl (C=O) groups is 1. The number of amidine groups is 1. The molecule has 1 aromatic carbocycles. The lowest BCUT2D eigenvalue weighted by Crippen LogP contribution is -2.18. The van der Waals surface area contributed by atoms with E-state index in [2.05, 4.69) is 10.3 Å². The van der Waals surface area contributed by atoms with Gasteiger partial charge in [0.15, 0.2) is 0 Å². The number of hydrogen-bond donors (Lipinski definition) is 1. The van der Waals surface area contributed by atoms with Crippen LogP contribution in [-0.2, 0) is 0 Å². The Kier molecular flexibility index (Phi) is 2.91. The molecule has 1 saturated heterocycles. The Labute approximate surface area is 91.7 Å². The highest BCUT2D eigenvalue weighted by atomic mass is 32.2. The van der Waals surface area contributed by atoms with Gasteiger partial charge in [-0.1, -0.05) is 17.8 Å². The van der Waals surface area contributed by atoms with Gasteiger partial charge in [-0.2, -0.15) is 0 Å². The monoisotopic (exact) mass is 222 g/mol. The molecule has 0 aromatic heterocycles. The molecule has 2 rings (SSSR count). The van der Waals surface area contributed by atoms with Crippen LogP contribution in [0.2, 0.25) is 0 Å². The summed E-state index contributed by atoms with van der Waals surface area (Å²) in [5.41, 5.74) is 0.784. The lowest BCUT2D eigenvalue weighted by molar-refractivity contribution is 0.265. The average molecular weight is 222 g/mol. The lowest BCUT2D eigenvalue weighted by atomic mass is 10.3. The van der Waals surface area contributed by atoms with Crippen molar-refractivity contribution in [3.8, 4) is 5.75 Å². The number of thioether (sulfide) groups is 1. The fourth-order valence-electron chi connectivity index (χ4n) is 1.22. The maximum Gasteiger partial charge on any atom is 0.284 e. The first-order chi connectivity index (χ1) is 7.28. The summed E-state index contributed by atoms with van der Waals surface area (Å²) in [6.45, 7) is 0. The van der Waals surface area contributed by atoms with Crippen LogP contribution in [0.3, 0.4) is 0 Å². The van der Waals surface area contributed by atoms with Gasteiger partial charge in [-0.3, -0.25) is 4.79 Å². The molecule has 1 amide bonds. The molecular weight excluding hydrogens is 212 g/mol. The van der Waals surface area contributed by atoms with E-state index in [1.54, 1.807) is 7.11 Å². The summed E-state index contributed by atoms with van der Waals surface area (Å²) in [7, 11) is 1.61. The highest BCUT2D eigenvalue weighted by Crippen LogP contribution is 2.21. The van der Waals surface area contributed by atoms with Gasteiger partial charge in [0.1, 0.15) is 11.6 Å². The molecule has 1 aromatic rings. The predicted molar refractivity (Wildman–Crippen MR) is 61.1 cm³/mol. The largest absolute Gasteiger partial charge is 0.497 e. The van der Waals surface area contributed by atoms with E-state index in [9.17, 15) is 4.79 Å². The number of rotatable bonds is 2. The summed E-state index contributed by atoms with van der Waals surface area (Å²) in [6, 6.07) is 7.40. The summed E-state index contributed by atoms with van der Waals surface area (Å²) >= 11 is 1.22. The number of hydrogen-bond acceptors (Lipinski definition) is 4. The molecular formula is C10H10N2O2S. The molecule has 5 heteroatoms. The van der Waals surface area contributed by atoms with Gasteiger partial charge in [-0.05, 0) is 12.1 Å². The molecule has 0 aliphatic carbocycles. The van der Waals surface area contributed by atoms with E-state index in [1.807, 2.05) is 24.3 Å². The third kappa shape index (κ3) is 2.50. The maximum atomic E-state index is 10.9. The van der Waals surface area contributed by atoms with E-state index in [0.717, 1.165) is 11.4 Å². The average Bonchev–Trinajstić information content (AvgIpc) is 2.64. The molecule has 0 spiro atoms. The second-order valence-corrected chi connectivity index (χ2v) is 3.91. The Morgan fingerprint density at radius 3 is 3.07 bits per heavy atom. The smallest absolute Gasteiger partial charge is 0.284 e. The standard InChI is InChI=1S/C10H10N2O2S/c1-14-8-4-2-3-7(5-8)11-9-6-15-10(13)12-9/h2-5H,6H2,1H3,(H,11,12,13). The normalized spacial score (nSPS) is 17.9. The number of ether oxygens (including phenoxy) is 1. The van der Waals surface area contributed by atoms with Gasteiger partial charge in [-0.15, -0.1) is 0 Å². The summed E-state index contributed by atoms with van der Waals surface area (Å²) in [4.78, 5) is 15.2. The fourth-order valence-corrected chi connectivity index (χ4v) is 1.81. The first-order valence-corrected chi connectivity index (χ1v) is 5.42. The van der Waals surface area contributed by atoms with Gasteiger partial charge in [0.05, 0.1) is 18.6 Å². The molecule has 0 radical (unpaired) electrons. The van der Waals surface area contributed by atoms with E-state index in [-0.39, 0.29) is 5.24 Å². The van der Waals surface area contributed by atoms with Gasteiger partial charge in [0.2, 0.25) is 0 Å². The van der Waals surface area contributed by atoms with E-state index in [1.165, 1.54) is 11.8 Å². The van der Waals surface area contributed by atoms with Gasteiger partial charge < -0.3 is 10.1 Å². The minimum atomic E-state index is -0.0448. The molecule has 15 heavy (non-hydrogen) atoms. The molecule has 1 heterocycles. The van der Waals surface area contributed by atoms with Crippen molar-refractivity contribution < 1.29 is 9.53 Å². The Bertz CT molecular complexity index is 418. The SMILES string of the molecule is COc1cccc(N=C2CSC(=O)N2)c1. The number of amides is 1. The third-order valence-electron chi connectivity index (χ3n) is 1.90. The molecule has 0 unspecified atom stereocenters. The molecule has 1 fully saturated rings. The minimum Gasteiger partial charge on any atom is -0.497 e. The van der Waals surface area contributed by atoms with Gasteiger partial charge in [0.25, 0.3) is 5.24 Å². The van der Waals surface area contributed by atoms with Crippen molar-refractivity contribution in [3.05, 3.63) is 24.3 Å². The van der Waals surface area contributed by atoms with Crippen molar-refractivity contribution in [2.24, 2.45) is 4.99 Å². The van der Waals surface area contributed by atoms with E-state index >= 15 is 0 Å². The number of benzene rings is 1. The number of aliphatic imine (C=N–C) groups is 1. The molecule has 78 valence electrons. The van der Waals surface area contributed by atoms with Crippen molar-refractivity contribution in [2.75, 3.05) is 12.9 Å². The first-order valence-electron chi connectivity index (χ1n) is 4.43. The van der Waals surface area contributed by atoms with Crippen LogP contribution >= 0.6 is 11.8 Å². The van der Waals surface area contributed by atoms with Crippen LogP contribution in [-0.4, -0.2) is 23.9 Å². The predicted octanol–water partition coefficient (Wildman–Crippen LogP) is 2.18. The number of carbonyl (C=O) groups excluding carboxylic acids is 1. The molecule has 4 nitrogen and oxygen atoms in total. The summed E-state index contributed by atoms with van der Waals surface area (Å²) in [6.07, 6.45) is 0. The van der Waals surface area contributed by atoms with Crippen LogP contribution in [0.25, 0.3) is 0 Å². The minimum absolute atomic E-state index is 0.0448. The fraction of sp³-hybridized carbons (Fsp3) is 0.200. The Morgan fingerprint density at radius 2 is 2.40 bits per heavy atom. The Hall–Kier alpha value is -1.49. The van der Waals surface area contributed by atoms with Crippen LogP contribution in [0, 0.1) is 0 Å². The maximum absolute atomic E-state index is 10.9. The first kappa shape index (κ1) is 10.0. The molecule has 0 saturated carbocycles. The zero-order valence-corrected chi connectivity index (χ0v) is 9.00. The summed E-state index contributed by atoms with van der Waals surface area (Å²) in [5, 5.41) is 2.63. The van der Waals surface area contributed by atoms with Crippen molar-refractivity contribution in [1.29, 1.82) is 0 Å². The molecule has 0 bridgehead atoms. The molecule has 1 N–H and O–H groups in total. The summed E-state index contributed by atoms with van der Waals surface area (Å²) < 4.78 is 5.08. The van der Waals surface area contributed by atoms with Gasteiger partial charge >= 0.3 is 0 Å². The molecule has 0 atom stereocenters. The second kappa shape index (κ2) is 4.35.